The van der Waals surface area contributed by atoms with Crippen molar-refractivity contribution in [1.82, 2.24) is 5.32 Å². The Morgan fingerprint density at radius 3 is 2.68 bits per heavy atom. The first-order chi connectivity index (χ1) is 13.7. The number of hydrogen-bond donors (Lipinski definition) is 1. The molecule has 0 saturated carbocycles. The molecule has 0 radical (unpaired) electrons. The molecule has 1 aromatic heterocycles. The third-order valence-corrected chi connectivity index (χ3v) is 4.26. The van der Waals surface area contributed by atoms with E-state index in [4.69, 9.17) is 13.9 Å². The highest BCUT2D eigenvalue weighted by Gasteiger charge is 2.08. The van der Waals surface area contributed by atoms with Crippen molar-refractivity contribution >= 4 is 5.91 Å². The number of ether oxygens (including phenoxy) is 2. The Hall–Kier alpha value is -3.05. The molecule has 0 atom stereocenters. The smallest absolute Gasteiger partial charge is 0.220 e. The van der Waals surface area contributed by atoms with Gasteiger partial charge in [-0.05, 0) is 29.8 Å². The van der Waals surface area contributed by atoms with Gasteiger partial charge < -0.3 is 19.2 Å². The summed E-state index contributed by atoms with van der Waals surface area (Å²) >= 11 is 0. The van der Waals surface area contributed by atoms with E-state index in [0.29, 0.717) is 32.6 Å². The molecule has 0 aliphatic carbocycles. The van der Waals surface area contributed by atoms with E-state index in [2.05, 4.69) is 5.32 Å². The highest BCUT2D eigenvalue weighted by atomic mass is 16.5. The molecule has 28 heavy (non-hydrogen) atoms. The summed E-state index contributed by atoms with van der Waals surface area (Å²) in [6.07, 6.45) is 0.949. The van der Waals surface area contributed by atoms with Crippen molar-refractivity contribution < 1.29 is 18.7 Å². The zero-order valence-corrected chi connectivity index (χ0v) is 16.0. The molecular formula is C23H25NO4. The molecule has 2 aromatic carbocycles. The zero-order valence-electron chi connectivity index (χ0n) is 16.0. The summed E-state index contributed by atoms with van der Waals surface area (Å²) in [5.41, 5.74) is 2.03. The first-order valence-corrected chi connectivity index (χ1v) is 9.36. The van der Waals surface area contributed by atoms with Gasteiger partial charge in [0.15, 0.2) is 0 Å². The van der Waals surface area contributed by atoms with Crippen LogP contribution in [0.4, 0.5) is 0 Å². The van der Waals surface area contributed by atoms with Crippen LogP contribution >= 0.6 is 0 Å². The summed E-state index contributed by atoms with van der Waals surface area (Å²) in [6.45, 7) is 1.51. The van der Waals surface area contributed by atoms with Crippen LogP contribution in [0.2, 0.25) is 0 Å². The number of rotatable bonds is 10. The van der Waals surface area contributed by atoms with Gasteiger partial charge in [0.05, 0.1) is 6.61 Å². The fourth-order valence-corrected chi connectivity index (χ4v) is 2.78. The summed E-state index contributed by atoms with van der Waals surface area (Å²) in [7, 11) is 1.64. The van der Waals surface area contributed by atoms with Crippen molar-refractivity contribution in [3.8, 4) is 17.1 Å². The highest BCUT2D eigenvalue weighted by molar-refractivity contribution is 5.76. The van der Waals surface area contributed by atoms with E-state index in [1.165, 1.54) is 0 Å². The summed E-state index contributed by atoms with van der Waals surface area (Å²) < 4.78 is 16.4. The second kappa shape index (κ2) is 10.3. The Morgan fingerprint density at radius 1 is 1.00 bits per heavy atom. The summed E-state index contributed by atoms with van der Waals surface area (Å²) in [5, 5.41) is 2.94. The van der Waals surface area contributed by atoms with Gasteiger partial charge in [0.25, 0.3) is 0 Å². The Balaban J connectivity index is 1.44. The second-order valence-corrected chi connectivity index (χ2v) is 6.40. The average molecular weight is 379 g/mol. The lowest BCUT2D eigenvalue weighted by Gasteiger charge is -2.08. The molecular weight excluding hydrogens is 354 g/mol. The van der Waals surface area contributed by atoms with Gasteiger partial charge in [-0.25, -0.2) is 0 Å². The Labute approximate surface area is 165 Å². The lowest BCUT2D eigenvalue weighted by atomic mass is 10.2. The third-order valence-electron chi connectivity index (χ3n) is 4.26. The lowest BCUT2D eigenvalue weighted by Crippen LogP contribution is -2.22. The third kappa shape index (κ3) is 5.99. The predicted molar refractivity (Wildman–Crippen MR) is 108 cm³/mol. The largest absolute Gasteiger partial charge is 0.491 e. The molecule has 5 nitrogen and oxygen atoms in total. The maximum absolute atomic E-state index is 12.2. The van der Waals surface area contributed by atoms with Gasteiger partial charge in [-0.1, -0.05) is 42.5 Å². The van der Waals surface area contributed by atoms with E-state index >= 15 is 0 Å². The van der Waals surface area contributed by atoms with Crippen LogP contribution in [0.15, 0.2) is 71.1 Å². The number of carbonyl (C=O) groups is 1. The number of nitrogens with one attached hydrogen (secondary N) is 1. The number of methoxy groups -OCH3 is 1. The molecule has 1 heterocycles. The molecule has 0 spiro atoms. The van der Waals surface area contributed by atoms with Crippen LogP contribution in [0.25, 0.3) is 11.3 Å². The molecule has 3 aromatic rings. The maximum Gasteiger partial charge on any atom is 0.220 e. The van der Waals surface area contributed by atoms with Gasteiger partial charge in [-0.3, -0.25) is 4.79 Å². The van der Waals surface area contributed by atoms with E-state index in [0.717, 1.165) is 28.4 Å². The minimum Gasteiger partial charge on any atom is -0.491 e. The summed E-state index contributed by atoms with van der Waals surface area (Å²) in [4.78, 5) is 12.2. The molecule has 0 fully saturated rings. The molecule has 1 amide bonds. The monoisotopic (exact) mass is 379 g/mol. The first kappa shape index (κ1) is 19.7. The fourth-order valence-electron chi connectivity index (χ4n) is 2.78. The number of amides is 1. The minimum absolute atomic E-state index is 0.0108. The van der Waals surface area contributed by atoms with Gasteiger partial charge >= 0.3 is 0 Å². The normalized spacial score (nSPS) is 10.6. The molecule has 3 rings (SSSR count). The highest BCUT2D eigenvalue weighted by Crippen LogP contribution is 2.22. The van der Waals surface area contributed by atoms with Gasteiger partial charge in [-0.15, -0.1) is 0 Å². The standard InChI is InChI=1S/C23H25NO4/c1-26-14-15-27-21-9-5-6-18(16-21)17-24-23(25)13-11-20-10-12-22(28-20)19-7-3-2-4-8-19/h2-10,12,16H,11,13-15,17H2,1H3,(H,24,25). The SMILES string of the molecule is COCCOc1cccc(CNC(=O)CCc2ccc(-c3ccccc3)o2)c1. The molecule has 1 N–H and O–H groups in total. The number of hydrogen-bond acceptors (Lipinski definition) is 4. The van der Waals surface area contributed by atoms with Gasteiger partial charge in [0, 0.05) is 32.1 Å². The van der Waals surface area contributed by atoms with Crippen LogP contribution < -0.4 is 10.1 Å². The molecule has 0 aliphatic heterocycles. The Morgan fingerprint density at radius 2 is 1.86 bits per heavy atom. The van der Waals surface area contributed by atoms with Crippen LogP contribution in [-0.4, -0.2) is 26.2 Å². The minimum atomic E-state index is -0.0108. The second-order valence-electron chi connectivity index (χ2n) is 6.40. The van der Waals surface area contributed by atoms with Crippen molar-refractivity contribution in [3.63, 3.8) is 0 Å². The van der Waals surface area contributed by atoms with Crippen molar-refractivity contribution in [1.29, 1.82) is 0 Å². The lowest BCUT2D eigenvalue weighted by molar-refractivity contribution is -0.121. The van der Waals surface area contributed by atoms with Crippen LogP contribution in [0.5, 0.6) is 5.75 Å². The van der Waals surface area contributed by atoms with Gasteiger partial charge in [0.2, 0.25) is 5.91 Å². The van der Waals surface area contributed by atoms with E-state index < -0.39 is 0 Å². The molecule has 146 valence electrons. The van der Waals surface area contributed by atoms with E-state index in [9.17, 15) is 4.79 Å². The number of furan rings is 1. The van der Waals surface area contributed by atoms with Crippen molar-refractivity contribution in [2.24, 2.45) is 0 Å². The number of aryl methyl sites for hydroxylation is 1. The van der Waals surface area contributed by atoms with Crippen LogP contribution in [0.1, 0.15) is 17.7 Å². The van der Waals surface area contributed by atoms with Crippen LogP contribution in [0, 0.1) is 0 Å². The van der Waals surface area contributed by atoms with Gasteiger partial charge in [-0.2, -0.15) is 0 Å². The summed E-state index contributed by atoms with van der Waals surface area (Å²) in [6, 6.07) is 21.5. The van der Waals surface area contributed by atoms with Crippen molar-refractivity contribution in [2.75, 3.05) is 20.3 Å². The predicted octanol–water partition coefficient (Wildman–Crippen LogP) is 4.22. The van der Waals surface area contributed by atoms with E-state index in [-0.39, 0.29) is 5.91 Å². The first-order valence-electron chi connectivity index (χ1n) is 9.36. The molecule has 5 heteroatoms. The fraction of sp³-hybridized carbons (Fsp3) is 0.261. The molecule has 0 saturated heterocycles. The number of carbonyl (C=O) groups excluding carboxylic acids is 1. The molecule has 0 aliphatic rings. The summed E-state index contributed by atoms with van der Waals surface area (Å²) in [5.74, 6) is 2.39. The maximum atomic E-state index is 12.2. The van der Waals surface area contributed by atoms with E-state index in [1.807, 2.05) is 66.7 Å². The van der Waals surface area contributed by atoms with Crippen molar-refractivity contribution in [3.05, 3.63) is 78.1 Å². The molecule has 0 bridgehead atoms. The number of benzene rings is 2. The van der Waals surface area contributed by atoms with Crippen molar-refractivity contribution in [2.45, 2.75) is 19.4 Å². The van der Waals surface area contributed by atoms with Crippen LogP contribution in [0.3, 0.4) is 0 Å². The quantitative estimate of drug-likeness (QED) is 0.536. The van der Waals surface area contributed by atoms with Crippen LogP contribution in [-0.2, 0) is 22.5 Å². The van der Waals surface area contributed by atoms with Gasteiger partial charge in [0.1, 0.15) is 23.9 Å². The topological polar surface area (TPSA) is 60.7 Å². The zero-order chi connectivity index (χ0) is 19.6. The average Bonchev–Trinajstić information content (AvgIpc) is 3.21. The van der Waals surface area contributed by atoms with E-state index in [1.54, 1.807) is 7.11 Å². The Bertz CT molecular complexity index is 873. The molecule has 0 unspecified atom stereocenters. The Kier molecular flexibility index (Phi) is 7.27.